The molecule has 184 valence electrons. The molecule has 2 aliphatic heterocycles. The Morgan fingerprint density at radius 2 is 1.89 bits per heavy atom. The molecule has 0 saturated carbocycles. The number of piperazine rings is 1. The van der Waals surface area contributed by atoms with E-state index in [1.165, 1.54) is 18.4 Å². The quantitative estimate of drug-likeness (QED) is 0.553. The Labute approximate surface area is 202 Å². The number of furan rings is 1. The number of carbonyl (C=O) groups is 2. The van der Waals surface area contributed by atoms with Crippen molar-refractivity contribution in [1.29, 1.82) is 0 Å². The molecule has 4 heterocycles. The van der Waals surface area contributed by atoms with E-state index in [-0.39, 0.29) is 29.6 Å². The summed E-state index contributed by atoms with van der Waals surface area (Å²) >= 11 is 0. The zero-order chi connectivity index (χ0) is 24.4. The summed E-state index contributed by atoms with van der Waals surface area (Å²) in [6.45, 7) is 5.31. The van der Waals surface area contributed by atoms with Gasteiger partial charge in [-0.3, -0.25) is 14.5 Å². The lowest BCUT2D eigenvalue weighted by Crippen LogP contribution is -2.56. The fourth-order valence-corrected chi connectivity index (χ4v) is 4.81. The van der Waals surface area contributed by atoms with Gasteiger partial charge in [-0.1, -0.05) is 17.3 Å². The van der Waals surface area contributed by atoms with Crippen molar-refractivity contribution in [3.05, 3.63) is 60.1 Å². The van der Waals surface area contributed by atoms with Crippen LogP contribution in [0, 0.1) is 5.82 Å². The molecule has 0 spiro atoms. The number of hydrogen-bond donors (Lipinski definition) is 0. The minimum Gasteiger partial charge on any atom is -0.459 e. The number of aromatic nitrogens is 2. The first kappa shape index (κ1) is 23.2. The number of likely N-dealkylation sites (tertiary alicyclic amines) is 1. The summed E-state index contributed by atoms with van der Waals surface area (Å²) in [4.78, 5) is 35.9. The Hall–Kier alpha value is -3.53. The first-order chi connectivity index (χ1) is 17.0. The predicted molar refractivity (Wildman–Crippen MR) is 124 cm³/mol. The van der Waals surface area contributed by atoms with Crippen LogP contribution < -0.4 is 0 Å². The number of rotatable bonds is 5. The van der Waals surface area contributed by atoms with Crippen LogP contribution in [0.5, 0.6) is 0 Å². The summed E-state index contributed by atoms with van der Waals surface area (Å²) in [6.07, 6.45) is 3.28. The van der Waals surface area contributed by atoms with Crippen LogP contribution in [0.2, 0.25) is 0 Å². The first-order valence-corrected chi connectivity index (χ1v) is 11.9. The molecule has 0 radical (unpaired) electrons. The average Bonchev–Trinajstić information content (AvgIpc) is 3.61. The molecule has 2 atom stereocenters. The van der Waals surface area contributed by atoms with Gasteiger partial charge >= 0.3 is 0 Å². The monoisotopic (exact) mass is 481 g/mol. The third-order valence-electron chi connectivity index (χ3n) is 6.84. The summed E-state index contributed by atoms with van der Waals surface area (Å²) in [5, 5.41) is 4.04. The SMILES string of the molecule is CC(C(=O)N1CCN(C(=O)c2ccco2)CC1)N1CCCC(c2nc(-c3cccc(F)c3)no2)C1. The smallest absolute Gasteiger partial charge is 0.289 e. The summed E-state index contributed by atoms with van der Waals surface area (Å²) in [5.74, 6) is 0.765. The number of benzene rings is 1. The molecule has 35 heavy (non-hydrogen) atoms. The van der Waals surface area contributed by atoms with E-state index in [9.17, 15) is 14.0 Å². The van der Waals surface area contributed by atoms with E-state index in [1.54, 1.807) is 29.2 Å². The number of nitrogens with zero attached hydrogens (tertiary/aromatic N) is 5. The lowest BCUT2D eigenvalue weighted by atomic mass is 9.96. The van der Waals surface area contributed by atoms with Crippen LogP contribution in [0.1, 0.15) is 42.1 Å². The van der Waals surface area contributed by atoms with E-state index in [4.69, 9.17) is 8.94 Å². The van der Waals surface area contributed by atoms with Gasteiger partial charge in [-0.25, -0.2) is 4.39 Å². The number of halogens is 1. The normalized spacial score (nSPS) is 20.1. The molecule has 2 aromatic heterocycles. The van der Waals surface area contributed by atoms with Gasteiger partial charge in [0.15, 0.2) is 5.76 Å². The van der Waals surface area contributed by atoms with Crippen molar-refractivity contribution in [1.82, 2.24) is 24.8 Å². The van der Waals surface area contributed by atoms with E-state index >= 15 is 0 Å². The van der Waals surface area contributed by atoms with Crippen LogP contribution in [-0.2, 0) is 4.79 Å². The van der Waals surface area contributed by atoms with Crippen molar-refractivity contribution < 1.29 is 22.9 Å². The average molecular weight is 482 g/mol. The summed E-state index contributed by atoms with van der Waals surface area (Å²) in [7, 11) is 0. The van der Waals surface area contributed by atoms with Crippen molar-refractivity contribution in [2.45, 2.75) is 31.7 Å². The van der Waals surface area contributed by atoms with Gasteiger partial charge < -0.3 is 18.7 Å². The van der Waals surface area contributed by atoms with Gasteiger partial charge in [-0.15, -0.1) is 0 Å². The predicted octanol–water partition coefficient (Wildman–Crippen LogP) is 3.02. The van der Waals surface area contributed by atoms with E-state index in [1.807, 2.05) is 11.8 Å². The van der Waals surface area contributed by atoms with Crippen molar-refractivity contribution in [2.75, 3.05) is 39.3 Å². The molecule has 0 aliphatic carbocycles. The van der Waals surface area contributed by atoms with Crippen LogP contribution in [0.15, 0.2) is 51.6 Å². The summed E-state index contributed by atoms with van der Waals surface area (Å²) in [5.41, 5.74) is 0.570. The molecular weight excluding hydrogens is 453 g/mol. The lowest BCUT2D eigenvalue weighted by Gasteiger charge is -2.39. The highest BCUT2D eigenvalue weighted by atomic mass is 19.1. The summed E-state index contributed by atoms with van der Waals surface area (Å²) in [6, 6.07) is 9.16. The largest absolute Gasteiger partial charge is 0.459 e. The van der Waals surface area contributed by atoms with Crippen LogP contribution in [0.4, 0.5) is 4.39 Å². The van der Waals surface area contributed by atoms with Crippen LogP contribution in [0.3, 0.4) is 0 Å². The topological polar surface area (TPSA) is 95.9 Å². The highest BCUT2D eigenvalue weighted by molar-refractivity contribution is 5.91. The molecular formula is C25H28FN5O4. The third kappa shape index (κ3) is 4.97. The fourth-order valence-electron chi connectivity index (χ4n) is 4.81. The molecule has 1 aromatic carbocycles. The maximum absolute atomic E-state index is 13.6. The number of carbonyl (C=O) groups excluding carboxylic acids is 2. The Kier molecular flexibility index (Phi) is 6.63. The van der Waals surface area contributed by atoms with Gasteiger partial charge in [0.1, 0.15) is 5.82 Å². The molecule has 2 fully saturated rings. The maximum Gasteiger partial charge on any atom is 0.289 e. The van der Waals surface area contributed by atoms with Crippen LogP contribution in [-0.4, -0.2) is 82.0 Å². The molecule has 10 heteroatoms. The van der Waals surface area contributed by atoms with Crippen LogP contribution >= 0.6 is 0 Å². The molecule has 2 unspecified atom stereocenters. The second-order valence-electron chi connectivity index (χ2n) is 9.07. The molecule has 2 aliphatic rings. The molecule has 3 aromatic rings. The molecule has 5 rings (SSSR count). The minimum atomic E-state index is -0.351. The van der Waals surface area contributed by atoms with Gasteiger partial charge in [0.05, 0.1) is 18.2 Å². The van der Waals surface area contributed by atoms with E-state index < -0.39 is 0 Å². The van der Waals surface area contributed by atoms with Gasteiger partial charge in [0.2, 0.25) is 17.6 Å². The number of piperidine rings is 1. The number of hydrogen-bond acceptors (Lipinski definition) is 7. The second-order valence-corrected chi connectivity index (χ2v) is 9.07. The molecule has 0 N–H and O–H groups in total. The zero-order valence-electron chi connectivity index (χ0n) is 19.6. The number of amides is 2. The standard InChI is InChI=1S/C25H28FN5O4/c1-17(24(32)29-10-12-30(13-11-29)25(33)21-8-4-14-34-21)31-9-3-6-19(16-31)23-27-22(28-35-23)18-5-2-7-20(26)15-18/h2,4-5,7-8,14-15,17,19H,3,6,9-13,16H2,1H3. The Bertz CT molecular complexity index is 1170. The third-order valence-corrected chi connectivity index (χ3v) is 6.84. The Balaban J connectivity index is 1.18. The fraction of sp³-hybridized carbons (Fsp3) is 0.440. The van der Waals surface area contributed by atoms with Crippen LogP contribution in [0.25, 0.3) is 11.4 Å². The van der Waals surface area contributed by atoms with E-state index in [0.717, 1.165) is 19.4 Å². The van der Waals surface area contributed by atoms with Crippen molar-refractivity contribution >= 4 is 11.8 Å². The van der Waals surface area contributed by atoms with Gasteiger partial charge in [0.25, 0.3) is 5.91 Å². The highest BCUT2D eigenvalue weighted by Crippen LogP contribution is 2.29. The van der Waals surface area contributed by atoms with Gasteiger partial charge in [-0.2, -0.15) is 4.98 Å². The zero-order valence-corrected chi connectivity index (χ0v) is 19.6. The van der Waals surface area contributed by atoms with E-state index in [2.05, 4.69) is 15.0 Å². The van der Waals surface area contributed by atoms with Crippen molar-refractivity contribution in [3.8, 4) is 11.4 Å². The molecule has 9 nitrogen and oxygen atoms in total. The van der Waals surface area contributed by atoms with Gasteiger partial charge in [-0.05, 0) is 50.6 Å². The highest BCUT2D eigenvalue weighted by Gasteiger charge is 2.34. The Morgan fingerprint density at radius 3 is 2.63 bits per heavy atom. The first-order valence-electron chi connectivity index (χ1n) is 11.9. The van der Waals surface area contributed by atoms with E-state index in [0.29, 0.717) is 55.8 Å². The molecule has 0 bridgehead atoms. The maximum atomic E-state index is 13.6. The van der Waals surface area contributed by atoms with Crippen molar-refractivity contribution in [2.24, 2.45) is 0 Å². The minimum absolute atomic E-state index is 0.0107. The second kappa shape index (κ2) is 9.99. The molecule has 2 saturated heterocycles. The van der Waals surface area contributed by atoms with Gasteiger partial charge in [0, 0.05) is 38.3 Å². The summed E-state index contributed by atoms with van der Waals surface area (Å²) < 4.78 is 24.3. The lowest BCUT2D eigenvalue weighted by molar-refractivity contribution is -0.138. The molecule has 2 amide bonds. The van der Waals surface area contributed by atoms with Crippen molar-refractivity contribution in [3.63, 3.8) is 0 Å². The Morgan fingerprint density at radius 1 is 1.09 bits per heavy atom.